The number of fused-ring (bicyclic) bond motifs is 2. The average Bonchev–Trinajstić information content (AvgIpc) is 3.23. The number of para-hydroxylation sites is 2. The Morgan fingerprint density at radius 1 is 0.882 bits per heavy atom. The highest BCUT2D eigenvalue weighted by Gasteiger charge is 2.14. The van der Waals surface area contributed by atoms with Gasteiger partial charge in [-0.15, -0.1) is 0 Å². The third kappa shape index (κ3) is 4.71. The van der Waals surface area contributed by atoms with Crippen LogP contribution < -0.4 is 14.8 Å². The molecule has 0 radical (unpaired) electrons. The average molecular weight is 452 g/mol. The first-order valence-electron chi connectivity index (χ1n) is 11.1. The van der Waals surface area contributed by atoms with Crippen molar-refractivity contribution < 1.29 is 14.3 Å². The van der Waals surface area contributed by atoms with Gasteiger partial charge in [0.25, 0.3) is 0 Å². The first-order valence-corrected chi connectivity index (χ1v) is 11.1. The minimum Gasteiger partial charge on any atom is -0.497 e. The maximum absolute atomic E-state index is 12.8. The van der Waals surface area contributed by atoms with Gasteiger partial charge >= 0.3 is 0 Å². The van der Waals surface area contributed by atoms with Crippen LogP contribution in [0.2, 0.25) is 0 Å². The van der Waals surface area contributed by atoms with Crippen molar-refractivity contribution in [2.24, 2.45) is 0 Å². The molecule has 5 aromatic rings. The van der Waals surface area contributed by atoms with Gasteiger partial charge in [-0.1, -0.05) is 54.6 Å². The summed E-state index contributed by atoms with van der Waals surface area (Å²) in [4.78, 5) is 17.5. The second kappa shape index (κ2) is 9.67. The van der Waals surface area contributed by atoms with Crippen LogP contribution in [0.4, 0.5) is 0 Å². The highest BCUT2D eigenvalue weighted by atomic mass is 16.5. The lowest BCUT2D eigenvalue weighted by atomic mass is 10.1. The molecule has 1 amide bonds. The van der Waals surface area contributed by atoms with E-state index in [1.807, 2.05) is 83.4 Å². The van der Waals surface area contributed by atoms with Gasteiger partial charge in [-0.25, -0.2) is 4.98 Å². The van der Waals surface area contributed by atoms with Gasteiger partial charge in [0.15, 0.2) is 0 Å². The van der Waals surface area contributed by atoms with Gasteiger partial charge in [-0.05, 0) is 52.7 Å². The predicted octanol–water partition coefficient (Wildman–Crippen LogP) is 5.09. The smallest absolute Gasteiger partial charge is 0.240 e. The summed E-state index contributed by atoms with van der Waals surface area (Å²) < 4.78 is 13.2. The Morgan fingerprint density at radius 2 is 1.62 bits per heavy atom. The summed E-state index contributed by atoms with van der Waals surface area (Å²) in [5.41, 5.74) is 2.74. The van der Waals surface area contributed by atoms with Crippen molar-refractivity contribution in [2.45, 2.75) is 19.7 Å². The Balaban J connectivity index is 1.31. The minimum absolute atomic E-state index is 0.0917. The fraction of sp³-hybridized carbons (Fsp3) is 0.143. The molecule has 0 unspecified atom stereocenters. The molecule has 4 aromatic carbocycles. The molecule has 0 fully saturated rings. The third-order valence-electron chi connectivity index (χ3n) is 5.77. The highest BCUT2D eigenvalue weighted by molar-refractivity contribution is 5.84. The van der Waals surface area contributed by atoms with Crippen molar-refractivity contribution in [2.75, 3.05) is 7.11 Å². The van der Waals surface area contributed by atoms with Crippen LogP contribution in [0.15, 0.2) is 91.0 Å². The fourth-order valence-corrected chi connectivity index (χ4v) is 3.96. The number of methoxy groups -OCH3 is 1. The standard InChI is InChI=1S/C28H25N3O3/c1-33-23-13-10-20(11-14-23)17-29-28(32)18-31-26-9-5-4-8-25(26)30-27(31)19-34-24-15-12-21-6-2-3-7-22(21)16-24/h2-16H,17-19H2,1H3,(H,29,32). The molecule has 1 N–H and O–H groups in total. The van der Waals surface area contributed by atoms with E-state index in [4.69, 9.17) is 14.5 Å². The first kappa shape index (κ1) is 21.5. The van der Waals surface area contributed by atoms with Crippen molar-refractivity contribution >= 4 is 27.7 Å². The quantitative estimate of drug-likeness (QED) is 0.357. The first-order chi connectivity index (χ1) is 16.7. The van der Waals surface area contributed by atoms with Crippen LogP contribution in [-0.2, 0) is 24.5 Å². The van der Waals surface area contributed by atoms with Crippen LogP contribution in [0, 0.1) is 0 Å². The normalized spacial score (nSPS) is 11.0. The van der Waals surface area contributed by atoms with Crippen molar-refractivity contribution in [3.63, 3.8) is 0 Å². The molecule has 0 atom stereocenters. The van der Waals surface area contributed by atoms with Crippen LogP contribution >= 0.6 is 0 Å². The second-order valence-electron chi connectivity index (χ2n) is 8.03. The molecule has 6 heteroatoms. The monoisotopic (exact) mass is 451 g/mol. The molecule has 0 saturated heterocycles. The van der Waals surface area contributed by atoms with E-state index in [9.17, 15) is 4.79 Å². The Labute approximate surface area is 197 Å². The van der Waals surface area contributed by atoms with Crippen molar-refractivity contribution in [3.05, 3.63) is 102 Å². The van der Waals surface area contributed by atoms with Gasteiger partial charge < -0.3 is 19.4 Å². The SMILES string of the molecule is COc1ccc(CNC(=O)Cn2c(COc3ccc4ccccc4c3)nc3ccccc32)cc1. The summed E-state index contributed by atoms with van der Waals surface area (Å²) in [5.74, 6) is 2.16. The Morgan fingerprint density at radius 3 is 2.44 bits per heavy atom. The van der Waals surface area contributed by atoms with E-state index in [1.54, 1.807) is 7.11 Å². The summed E-state index contributed by atoms with van der Waals surface area (Å²) >= 11 is 0. The van der Waals surface area contributed by atoms with E-state index in [2.05, 4.69) is 17.4 Å². The lowest BCUT2D eigenvalue weighted by Crippen LogP contribution is -2.28. The topological polar surface area (TPSA) is 65.4 Å². The number of hydrogen-bond donors (Lipinski definition) is 1. The lowest BCUT2D eigenvalue weighted by molar-refractivity contribution is -0.121. The number of rotatable bonds is 8. The van der Waals surface area contributed by atoms with Crippen molar-refractivity contribution in [3.8, 4) is 11.5 Å². The molecule has 34 heavy (non-hydrogen) atoms. The number of amides is 1. The second-order valence-corrected chi connectivity index (χ2v) is 8.03. The molecule has 6 nitrogen and oxygen atoms in total. The van der Waals surface area contributed by atoms with E-state index in [-0.39, 0.29) is 19.1 Å². The van der Waals surface area contributed by atoms with E-state index in [1.165, 1.54) is 0 Å². The number of nitrogens with one attached hydrogen (secondary N) is 1. The van der Waals surface area contributed by atoms with E-state index in [0.717, 1.165) is 38.9 Å². The van der Waals surface area contributed by atoms with Gasteiger partial charge in [0.2, 0.25) is 5.91 Å². The molecule has 0 aliphatic heterocycles. The number of nitrogens with zero attached hydrogens (tertiary/aromatic N) is 2. The molecule has 0 saturated carbocycles. The predicted molar refractivity (Wildman–Crippen MR) is 133 cm³/mol. The number of carbonyl (C=O) groups is 1. The largest absolute Gasteiger partial charge is 0.497 e. The molecule has 1 heterocycles. The van der Waals surface area contributed by atoms with Crippen molar-refractivity contribution in [1.82, 2.24) is 14.9 Å². The molecule has 0 aliphatic rings. The summed E-state index contributed by atoms with van der Waals surface area (Å²) in [5, 5.41) is 5.27. The highest BCUT2D eigenvalue weighted by Crippen LogP contribution is 2.22. The molecule has 1 aromatic heterocycles. The number of imidazole rings is 1. The minimum atomic E-state index is -0.0917. The summed E-state index contributed by atoms with van der Waals surface area (Å²) in [6.07, 6.45) is 0. The number of ether oxygens (including phenoxy) is 2. The Bertz CT molecular complexity index is 1440. The Kier molecular flexibility index (Phi) is 6.12. The van der Waals surface area contributed by atoms with E-state index < -0.39 is 0 Å². The van der Waals surface area contributed by atoms with Crippen LogP contribution in [0.25, 0.3) is 21.8 Å². The zero-order chi connectivity index (χ0) is 23.3. The lowest BCUT2D eigenvalue weighted by Gasteiger charge is -2.12. The van der Waals surface area contributed by atoms with Gasteiger partial charge in [-0.2, -0.15) is 0 Å². The van der Waals surface area contributed by atoms with Crippen LogP contribution in [-0.4, -0.2) is 22.6 Å². The zero-order valence-electron chi connectivity index (χ0n) is 18.9. The van der Waals surface area contributed by atoms with Crippen molar-refractivity contribution in [1.29, 1.82) is 0 Å². The van der Waals surface area contributed by atoms with Gasteiger partial charge in [0.05, 0.1) is 18.1 Å². The summed E-state index contributed by atoms with van der Waals surface area (Å²) in [6.45, 7) is 0.865. The number of hydrogen-bond acceptors (Lipinski definition) is 4. The molecular weight excluding hydrogens is 426 g/mol. The zero-order valence-corrected chi connectivity index (χ0v) is 18.9. The third-order valence-corrected chi connectivity index (χ3v) is 5.77. The molecule has 5 rings (SSSR count). The molecular formula is C28H25N3O3. The van der Waals surface area contributed by atoms with Gasteiger partial charge in [-0.3, -0.25) is 4.79 Å². The van der Waals surface area contributed by atoms with Crippen LogP contribution in [0.5, 0.6) is 11.5 Å². The molecule has 0 spiro atoms. The maximum atomic E-state index is 12.8. The molecule has 0 bridgehead atoms. The van der Waals surface area contributed by atoms with Gasteiger partial charge in [0, 0.05) is 6.54 Å². The van der Waals surface area contributed by atoms with Gasteiger partial charge in [0.1, 0.15) is 30.5 Å². The van der Waals surface area contributed by atoms with E-state index in [0.29, 0.717) is 12.4 Å². The Hall–Kier alpha value is -4.32. The van der Waals surface area contributed by atoms with Crippen LogP contribution in [0.3, 0.4) is 0 Å². The fourth-order valence-electron chi connectivity index (χ4n) is 3.96. The number of carbonyl (C=O) groups excluding carboxylic acids is 1. The number of aromatic nitrogens is 2. The van der Waals surface area contributed by atoms with Crippen LogP contribution in [0.1, 0.15) is 11.4 Å². The summed E-state index contributed by atoms with van der Waals surface area (Å²) in [7, 11) is 1.63. The van der Waals surface area contributed by atoms with E-state index >= 15 is 0 Å². The maximum Gasteiger partial charge on any atom is 0.240 e. The summed E-state index contributed by atoms with van der Waals surface area (Å²) in [6, 6.07) is 29.6. The molecule has 170 valence electrons. The number of benzene rings is 4. The molecule has 0 aliphatic carbocycles.